The zero-order chi connectivity index (χ0) is 16.8. The van der Waals surface area contributed by atoms with E-state index < -0.39 is 0 Å². The number of methoxy groups -OCH3 is 1. The van der Waals surface area contributed by atoms with Gasteiger partial charge < -0.3 is 10.1 Å². The number of halogens is 1. The van der Waals surface area contributed by atoms with Gasteiger partial charge in [0.2, 0.25) is 0 Å². The highest BCUT2D eigenvalue weighted by Gasteiger charge is 2.17. The lowest BCUT2D eigenvalue weighted by molar-refractivity contribution is 0.0932. The molecule has 1 atom stereocenters. The van der Waals surface area contributed by atoms with Gasteiger partial charge in [0.15, 0.2) is 0 Å². The largest absolute Gasteiger partial charge is 0.497 e. The van der Waals surface area contributed by atoms with Crippen LogP contribution in [0.5, 0.6) is 5.75 Å². The van der Waals surface area contributed by atoms with Crippen LogP contribution in [0.25, 0.3) is 0 Å². The lowest BCUT2D eigenvalue weighted by Crippen LogP contribution is -2.29. The predicted octanol–water partition coefficient (Wildman–Crippen LogP) is 4.97. The van der Waals surface area contributed by atoms with Crippen molar-refractivity contribution < 1.29 is 9.53 Å². The first-order chi connectivity index (χ1) is 11.0. The molecule has 0 spiro atoms. The molecule has 1 amide bonds. The van der Waals surface area contributed by atoms with Crippen molar-refractivity contribution in [1.29, 1.82) is 0 Å². The second-order valence-corrected chi connectivity index (χ2v) is 6.85. The summed E-state index contributed by atoms with van der Waals surface area (Å²) in [5.41, 5.74) is 1.75. The van der Waals surface area contributed by atoms with Crippen LogP contribution >= 0.6 is 15.9 Å². The fourth-order valence-corrected chi connectivity index (χ4v) is 2.69. The molecule has 0 heterocycles. The van der Waals surface area contributed by atoms with Gasteiger partial charge in [-0.15, -0.1) is 0 Å². The second kappa shape index (κ2) is 8.16. The molecule has 0 saturated heterocycles. The first-order valence-electron chi connectivity index (χ1n) is 7.70. The Morgan fingerprint density at radius 1 is 1.09 bits per heavy atom. The van der Waals surface area contributed by atoms with Crippen LogP contribution in [0, 0.1) is 5.92 Å². The molecule has 2 aromatic carbocycles. The van der Waals surface area contributed by atoms with E-state index in [0.717, 1.165) is 22.2 Å². The average molecular weight is 376 g/mol. The van der Waals surface area contributed by atoms with Crippen LogP contribution < -0.4 is 10.1 Å². The summed E-state index contributed by atoms with van der Waals surface area (Å²) in [4.78, 5) is 12.5. The molecule has 2 aromatic rings. The van der Waals surface area contributed by atoms with Gasteiger partial charge in [0.1, 0.15) is 5.75 Å². The molecule has 0 aliphatic rings. The Kier molecular flexibility index (Phi) is 6.22. The Balaban J connectivity index is 2.17. The predicted molar refractivity (Wildman–Crippen MR) is 96.8 cm³/mol. The molecule has 0 fully saturated rings. The van der Waals surface area contributed by atoms with Crippen molar-refractivity contribution in [2.24, 2.45) is 5.92 Å². The lowest BCUT2D eigenvalue weighted by Gasteiger charge is -2.21. The van der Waals surface area contributed by atoms with Crippen molar-refractivity contribution in [3.63, 3.8) is 0 Å². The van der Waals surface area contributed by atoms with Crippen LogP contribution in [0.2, 0.25) is 0 Å². The molecule has 23 heavy (non-hydrogen) atoms. The number of rotatable bonds is 6. The van der Waals surface area contributed by atoms with E-state index in [-0.39, 0.29) is 11.9 Å². The molecule has 0 aliphatic heterocycles. The molecule has 0 aliphatic carbocycles. The number of carbonyl (C=O) groups excluding carboxylic acids is 1. The minimum Gasteiger partial charge on any atom is -0.497 e. The molecule has 1 N–H and O–H groups in total. The summed E-state index contributed by atoms with van der Waals surface area (Å²) >= 11 is 3.38. The third kappa shape index (κ3) is 5.10. The summed E-state index contributed by atoms with van der Waals surface area (Å²) in [5.74, 6) is 1.24. The smallest absolute Gasteiger partial charge is 0.251 e. The van der Waals surface area contributed by atoms with Gasteiger partial charge in [-0.25, -0.2) is 0 Å². The molecule has 0 bridgehead atoms. The van der Waals surface area contributed by atoms with Gasteiger partial charge in [-0.1, -0.05) is 41.9 Å². The Morgan fingerprint density at radius 3 is 2.22 bits per heavy atom. The fourth-order valence-electron chi connectivity index (χ4n) is 2.43. The molecule has 3 nitrogen and oxygen atoms in total. The average Bonchev–Trinajstić information content (AvgIpc) is 2.54. The van der Waals surface area contributed by atoms with Gasteiger partial charge in [-0.05, 0) is 54.3 Å². The van der Waals surface area contributed by atoms with Crippen LogP contribution in [0.1, 0.15) is 42.2 Å². The topological polar surface area (TPSA) is 38.3 Å². The van der Waals surface area contributed by atoms with Crippen molar-refractivity contribution in [2.45, 2.75) is 26.3 Å². The molecule has 0 aromatic heterocycles. The summed E-state index contributed by atoms with van der Waals surface area (Å²) in [7, 11) is 1.65. The van der Waals surface area contributed by atoms with E-state index in [2.05, 4.69) is 35.1 Å². The molecule has 2 rings (SSSR count). The number of hydrogen-bond acceptors (Lipinski definition) is 2. The highest BCUT2D eigenvalue weighted by atomic mass is 79.9. The van der Waals surface area contributed by atoms with E-state index in [0.29, 0.717) is 11.5 Å². The van der Waals surface area contributed by atoms with E-state index in [1.54, 1.807) is 7.11 Å². The summed E-state index contributed by atoms with van der Waals surface area (Å²) in [6.45, 7) is 4.31. The Labute approximate surface area is 146 Å². The summed E-state index contributed by atoms with van der Waals surface area (Å²) < 4.78 is 6.16. The van der Waals surface area contributed by atoms with Gasteiger partial charge in [0, 0.05) is 10.0 Å². The number of nitrogens with one attached hydrogen (secondary N) is 1. The zero-order valence-corrected chi connectivity index (χ0v) is 15.3. The third-order valence-corrected chi connectivity index (χ3v) is 4.17. The number of carbonyl (C=O) groups is 1. The monoisotopic (exact) mass is 375 g/mol. The molecular weight excluding hydrogens is 354 g/mol. The van der Waals surface area contributed by atoms with Gasteiger partial charge >= 0.3 is 0 Å². The number of benzene rings is 2. The van der Waals surface area contributed by atoms with Gasteiger partial charge in [-0.3, -0.25) is 4.79 Å². The maximum atomic E-state index is 12.5. The van der Waals surface area contributed by atoms with Crippen molar-refractivity contribution in [3.8, 4) is 5.75 Å². The highest BCUT2D eigenvalue weighted by Crippen LogP contribution is 2.24. The van der Waals surface area contributed by atoms with Crippen molar-refractivity contribution >= 4 is 21.8 Å². The highest BCUT2D eigenvalue weighted by molar-refractivity contribution is 9.10. The summed E-state index contributed by atoms with van der Waals surface area (Å²) in [6, 6.07) is 15.2. The van der Waals surface area contributed by atoms with Crippen LogP contribution in [0.3, 0.4) is 0 Å². The standard InChI is InChI=1S/C19H22BrNO2/c1-13(2)12-18(14-6-10-17(23-3)11-7-14)21-19(22)15-4-8-16(20)9-5-15/h4-11,13,18H,12H2,1-3H3,(H,21,22)/t18-/m0/s1. The lowest BCUT2D eigenvalue weighted by atomic mass is 9.96. The van der Waals surface area contributed by atoms with E-state index >= 15 is 0 Å². The fraction of sp³-hybridized carbons (Fsp3) is 0.316. The zero-order valence-electron chi connectivity index (χ0n) is 13.7. The van der Waals surface area contributed by atoms with Crippen LogP contribution in [0.4, 0.5) is 0 Å². The molecule has 0 saturated carbocycles. The molecule has 122 valence electrons. The second-order valence-electron chi connectivity index (χ2n) is 5.94. The Morgan fingerprint density at radius 2 is 1.70 bits per heavy atom. The minimum atomic E-state index is -0.0565. The summed E-state index contributed by atoms with van der Waals surface area (Å²) in [5, 5.41) is 3.14. The normalized spacial score (nSPS) is 12.0. The first kappa shape index (κ1) is 17.5. The SMILES string of the molecule is COc1ccc([C@H](CC(C)C)NC(=O)c2ccc(Br)cc2)cc1. The van der Waals surface area contributed by atoms with Crippen LogP contribution in [-0.4, -0.2) is 13.0 Å². The van der Waals surface area contributed by atoms with E-state index in [1.165, 1.54) is 0 Å². The Bertz CT molecular complexity index is 635. The van der Waals surface area contributed by atoms with E-state index in [4.69, 9.17) is 4.74 Å². The number of ether oxygens (including phenoxy) is 1. The molecule has 4 heteroatoms. The van der Waals surface area contributed by atoms with Gasteiger partial charge in [-0.2, -0.15) is 0 Å². The molecule has 0 radical (unpaired) electrons. The van der Waals surface area contributed by atoms with Crippen LogP contribution in [0.15, 0.2) is 53.0 Å². The van der Waals surface area contributed by atoms with Gasteiger partial charge in [0.25, 0.3) is 5.91 Å². The quantitative estimate of drug-likeness (QED) is 0.773. The van der Waals surface area contributed by atoms with Crippen LogP contribution in [-0.2, 0) is 0 Å². The number of amides is 1. The maximum Gasteiger partial charge on any atom is 0.251 e. The third-order valence-electron chi connectivity index (χ3n) is 3.64. The van der Waals surface area contributed by atoms with Crippen molar-refractivity contribution in [3.05, 3.63) is 64.1 Å². The van der Waals surface area contributed by atoms with Crippen molar-refractivity contribution in [2.75, 3.05) is 7.11 Å². The van der Waals surface area contributed by atoms with E-state index in [1.807, 2.05) is 48.5 Å². The Hall–Kier alpha value is -1.81. The minimum absolute atomic E-state index is 0.0166. The van der Waals surface area contributed by atoms with E-state index in [9.17, 15) is 4.79 Å². The molecular formula is C19H22BrNO2. The van der Waals surface area contributed by atoms with Gasteiger partial charge in [0.05, 0.1) is 13.2 Å². The maximum absolute atomic E-state index is 12.5. The summed E-state index contributed by atoms with van der Waals surface area (Å²) in [6.07, 6.45) is 0.884. The molecule has 0 unspecified atom stereocenters. The number of hydrogen-bond donors (Lipinski definition) is 1. The van der Waals surface area contributed by atoms with Crippen molar-refractivity contribution in [1.82, 2.24) is 5.32 Å². The first-order valence-corrected chi connectivity index (χ1v) is 8.49.